The molecule has 0 aliphatic carbocycles. The summed E-state index contributed by atoms with van der Waals surface area (Å²) >= 11 is 0. The van der Waals surface area contributed by atoms with Crippen LogP contribution >= 0.6 is 0 Å². The standard InChI is InChI=1S/C11H19N3O/c1-4-14(6-5-12)10-7-9(2)13-8-11(10)15-3/h7-8H,4-6,12H2,1-3H3. The number of methoxy groups -OCH3 is 1. The van der Waals surface area contributed by atoms with E-state index in [1.807, 2.05) is 13.0 Å². The van der Waals surface area contributed by atoms with Crippen LogP contribution in [0.2, 0.25) is 0 Å². The van der Waals surface area contributed by atoms with Crippen LogP contribution in [0.3, 0.4) is 0 Å². The molecule has 0 aliphatic rings. The highest BCUT2D eigenvalue weighted by molar-refractivity contribution is 5.58. The predicted molar refractivity (Wildman–Crippen MR) is 62.5 cm³/mol. The van der Waals surface area contributed by atoms with E-state index in [1.165, 1.54) is 0 Å². The molecule has 0 amide bonds. The lowest BCUT2D eigenvalue weighted by Crippen LogP contribution is -2.29. The summed E-state index contributed by atoms with van der Waals surface area (Å²) in [5.41, 5.74) is 7.63. The van der Waals surface area contributed by atoms with Gasteiger partial charge in [-0.3, -0.25) is 4.98 Å². The molecule has 0 saturated carbocycles. The molecule has 0 radical (unpaired) electrons. The van der Waals surface area contributed by atoms with Gasteiger partial charge < -0.3 is 15.4 Å². The number of nitrogens with two attached hydrogens (primary N) is 1. The largest absolute Gasteiger partial charge is 0.493 e. The molecule has 0 saturated heterocycles. The first kappa shape index (κ1) is 11.8. The van der Waals surface area contributed by atoms with Gasteiger partial charge in [0.25, 0.3) is 0 Å². The summed E-state index contributed by atoms with van der Waals surface area (Å²) in [4.78, 5) is 6.39. The van der Waals surface area contributed by atoms with Gasteiger partial charge in [-0.25, -0.2) is 0 Å². The Morgan fingerprint density at radius 2 is 2.27 bits per heavy atom. The molecule has 0 atom stereocenters. The molecule has 15 heavy (non-hydrogen) atoms. The van der Waals surface area contributed by atoms with Gasteiger partial charge in [-0.2, -0.15) is 0 Å². The summed E-state index contributed by atoms with van der Waals surface area (Å²) in [5, 5.41) is 0. The van der Waals surface area contributed by atoms with Crippen LogP contribution in [0.15, 0.2) is 12.3 Å². The van der Waals surface area contributed by atoms with Gasteiger partial charge in [0.2, 0.25) is 0 Å². The van der Waals surface area contributed by atoms with Crippen LogP contribution in [0.5, 0.6) is 5.75 Å². The Morgan fingerprint density at radius 1 is 1.53 bits per heavy atom. The Bertz CT molecular complexity index is 315. The minimum Gasteiger partial charge on any atom is -0.493 e. The highest BCUT2D eigenvalue weighted by Gasteiger charge is 2.10. The fourth-order valence-corrected chi connectivity index (χ4v) is 1.54. The topological polar surface area (TPSA) is 51.4 Å². The van der Waals surface area contributed by atoms with Crippen molar-refractivity contribution in [2.45, 2.75) is 13.8 Å². The highest BCUT2D eigenvalue weighted by Crippen LogP contribution is 2.27. The van der Waals surface area contributed by atoms with Crippen molar-refractivity contribution in [1.82, 2.24) is 4.98 Å². The maximum absolute atomic E-state index is 5.57. The number of aromatic nitrogens is 1. The molecular weight excluding hydrogens is 190 g/mol. The van der Waals surface area contributed by atoms with Crippen LogP contribution in [0.25, 0.3) is 0 Å². The highest BCUT2D eigenvalue weighted by atomic mass is 16.5. The van der Waals surface area contributed by atoms with Crippen LogP contribution in [0, 0.1) is 6.92 Å². The number of pyridine rings is 1. The molecule has 0 bridgehead atoms. The lowest BCUT2D eigenvalue weighted by atomic mass is 10.2. The molecule has 4 nitrogen and oxygen atoms in total. The minimum atomic E-state index is 0.637. The number of likely N-dealkylation sites (N-methyl/N-ethyl adjacent to an activating group) is 1. The molecular formula is C11H19N3O. The minimum absolute atomic E-state index is 0.637. The summed E-state index contributed by atoms with van der Waals surface area (Å²) in [6.07, 6.45) is 1.75. The van der Waals surface area contributed by atoms with E-state index in [1.54, 1.807) is 13.3 Å². The summed E-state index contributed by atoms with van der Waals surface area (Å²) in [7, 11) is 1.66. The van der Waals surface area contributed by atoms with Crippen molar-refractivity contribution in [3.8, 4) is 5.75 Å². The third-order valence-corrected chi connectivity index (χ3v) is 2.32. The van der Waals surface area contributed by atoms with E-state index in [4.69, 9.17) is 10.5 Å². The van der Waals surface area contributed by atoms with Crippen molar-refractivity contribution in [3.63, 3.8) is 0 Å². The number of ether oxygens (including phenoxy) is 1. The maximum atomic E-state index is 5.57. The van der Waals surface area contributed by atoms with Crippen LogP contribution in [0.4, 0.5) is 5.69 Å². The van der Waals surface area contributed by atoms with Crippen molar-refractivity contribution < 1.29 is 4.74 Å². The number of hydrogen-bond acceptors (Lipinski definition) is 4. The first-order valence-electron chi connectivity index (χ1n) is 5.18. The van der Waals surface area contributed by atoms with Gasteiger partial charge in [-0.05, 0) is 19.9 Å². The lowest BCUT2D eigenvalue weighted by Gasteiger charge is -2.24. The molecule has 0 aliphatic heterocycles. The quantitative estimate of drug-likeness (QED) is 0.791. The molecule has 4 heteroatoms. The second-order valence-electron chi connectivity index (χ2n) is 3.37. The zero-order valence-corrected chi connectivity index (χ0v) is 9.66. The van der Waals surface area contributed by atoms with Gasteiger partial charge in [0.1, 0.15) is 0 Å². The van der Waals surface area contributed by atoms with E-state index in [0.717, 1.165) is 30.2 Å². The zero-order valence-electron chi connectivity index (χ0n) is 9.66. The third-order valence-electron chi connectivity index (χ3n) is 2.32. The van der Waals surface area contributed by atoms with Gasteiger partial charge in [-0.15, -0.1) is 0 Å². The van der Waals surface area contributed by atoms with E-state index in [2.05, 4.69) is 16.8 Å². The predicted octanol–water partition coefficient (Wildman–Crippen LogP) is 1.18. The van der Waals surface area contributed by atoms with Crippen molar-refractivity contribution in [1.29, 1.82) is 0 Å². The van der Waals surface area contributed by atoms with Gasteiger partial charge in [-0.1, -0.05) is 0 Å². The van der Waals surface area contributed by atoms with E-state index < -0.39 is 0 Å². The summed E-state index contributed by atoms with van der Waals surface area (Å²) < 4.78 is 5.28. The van der Waals surface area contributed by atoms with E-state index in [0.29, 0.717) is 6.54 Å². The van der Waals surface area contributed by atoms with Crippen molar-refractivity contribution in [3.05, 3.63) is 18.0 Å². The SMILES string of the molecule is CCN(CCN)c1cc(C)ncc1OC. The van der Waals surface area contributed by atoms with Gasteiger partial charge in [0.05, 0.1) is 19.0 Å². The van der Waals surface area contributed by atoms with Gasteiger partial charge in [0, 0.05) is 25.3 Å². The Labute approximate surface area is 91.1 Å². The normalized spacial score (nSPS) is 10.1. The van der Waals surface area contributed by atoms with Crippen LogP contribution in [0.1, 0.15) is 12.6 Å². The Kier molecular flexibility index (Phi) is 4.37. The number of hydrogen-bond donors (Lipinski definition) is 1. The number of anilines is 1. The first-order chi connectivity index (χ1) is 7.22. The summed E-state index contributed by atoms with van der Waals surface area (Å²) in [6.45, 7) is 6.45. The van der Waals surface area contributed by atoms with Gasteiger partial charge >= 0.3 is 0 Å². The fraction of sp³-hybridized carbons (Fsp3) is 0.545. The molecule has 0 unspecified atom stereocenters. The van der Waals surface area contributed by atoms with Crippen LogP contribution in [-0.4, -0.2) is 31.7 Å². The molecule has 0 spiro atoms. The average Bonchev–Trinajstić information content (AvgIpc) is 2.26. The summed E-state index contributed by atoms with van der Waals surface area (Å²) in [5.74, 6) is 0.802. The van der Waals surface area contributed by atoms with Crippen molar-refractivity contribution in [2.24, 2.45) is 5.73 Å². The number of aryl methyl sites for hydroxylation is 1. The second-order valence-corrected chi connectivity index (χ2v) is 3.37. The lowest BCUT2D eigenvalue weighted by molar-refractivity contribution is 0.412. The molecule has 1 heterocycles. The molecule has 84 valence electrons. The first-order valence-corrected chi connectivity index (χ1v) is 5.18. The molecule has 1 aromatic heterocycles. The molecule has 1 aromatic rings. The van der Waals surface area contributed by atoms with E-state index in [-0.39, 0.29) is 0 Å². The maximum Gasteiger partial charge on any atom is 0.160 e. The fourth-order valence-electron chi connectivity index (χ4n) is 1.54. The number of nitrogens with zero attached hydrogens (tertiary/aromatic N) is 2. The molecule has 0 aromatic carbocycles. The average molecular weight is 209 g/mol. The molecule has 1 rings (SSSR count). The second kappa shape index (κ2) is 5.56. The monoisotopic (exact) mass is 209 g/mol. The summed E-state index contributed by atoms with van der Waals surface area (Å²) in [6, 6.07) is 2.03. The van der Waals surface area contributed by atoms with Gasteiger partial charge in [0.15, 0.2) is 5.75 Å². The number of rotatable bonds is 5. The molecule has 2 N–H and O–H groups in total. The van der Waals surface area contributed by atoms with Crippen molar-refractivity contribution in [2.75, 3.05) is 31.6 Å². The third kappa shape index (κ3) is 2.83. The van der Waals surface area contributed by atoms with Crippen LogP contribution < -0.4 is 15.4 Å². The molecule has 0 fully saturated rings. The Morgan fingerprint density at radius 3 is 2.80 bits per heavy atom. The van der Waals surface area contributed by atoms with Crippen LogP contribution in [-0.2, 0) is 0 Å². The Hall–Kier alpha value is -1.29. The zero-order chi connectivity index (χ0) is 11.3. The van der Waals surface area contributed by atoms with E-state index in [9.17, 15) is 0 Å². The smallest absolute Gasteiger partial charge is 0.160 e. The van der Waals surface area contributed by atoms with E-state index >= 15 is 0 Å². The Balaban J connectivity index is 3.02. The van der Waals surface area contributed by atoms with Crippen molar-refractivity contribution >= 4 is 5.69 Å².